The molecule has 1 heterocycles. The molecule has 0 aromatic heterocycles. The summed E-state index contributed by atoms with van der Waals surface area (Å²) in [6, 6.07) is 3.78. The van der Waals surface area contributed by atoms with Gasteiger partial charge in [-0.15, -0.1) is 0 Å². The lowest BCUT2D eigenvalue weighted by Gasteiger charge is -2.59. The van der Waals surface area contributed by atoms with Crippen LogP contribution in [0.4, 0.5) is 0 Å². The van der Waals surface area contributed by atoms with Gasteiger partial charge in [0.15, 0.2) is 5.78 Å². The first-order valence-corrected chi connectivity index (χ1v) is 13.9. The number of ketones is 1. The molecule has 1 aromatic rings. The van der Waals surface area contributed by atoms with Crippen molar-refractivity contribution in [1.82, 2.24) is 4.90 Å². The van der Waals surface area contributed by atoms with Crippen molar-refractivity contribution < 1.29 is 38.2 Å². The highest BCUT2D eigenvalue weighted by Gasteiger charge is 2.66. The Morgan fingerprint density at radius 2 is 1.74 bits per heavy atom. The van der Waals surface area contributed by atoms with Gasteiger partial charge < -0.3 is 14.3 Å². The van der Waals surface area contributed by atoms with Gasteiger partial charge >= 0.3 is 17.8 Å². The van der Waals surface area contributed by atoms with Crippen LogP contribution < -0.4 is 0 Å². The number of carbonyl (C=O) groups is 5. The maximum atomic E-state index is 13.7. The number of hydrogen-bond acceptors (Lipinski definition) is 7. The zero-order valence-electron chi connectivity index (χ0n) is 21.1. The number of hydrogen-bond donors (Lipinski definition) is 1. The maximum Gasteiger partial charge on any atom is 0.395 e. The molecular weight excluding hydrogens is 470 g/mol. The van der Waals surface area contributed by atoms with E-state index >= 15 is 0 Å². The molecule has 2 amide bonds. The van der Waals surface area contributed by atoms with E-state index in [2.05, 4.69) is 0 Å². The third-order valence-corrected chi connectivity index (χ3v) is 8.15. The molecule has 10 heteroatoms. The number of ether oxygens (including phenoxy) is 1. The van der Waals surface area contributed by atoms with Crippen molar-refractivity contribution in [1.29, 1.82) is 0 Å². The highest BCUT2D eigenvalue weighted by Crippen LogP contribution is 2.51. The summed E-state index contributed by atoms with van der Waals surface area (Å²) in [6.07, 6.45) is 0.806. The van der Waals surface area contributed by atoms with Gasteiger partial charge in [0.05, 0.1) is 30.2 Å². The van der Waals surface area contributed by atoms with Crippen LogP contribution in [0.15, 0.2) is 18.2 Å². The first-order chi connectivity index (χ1) is 16.2. The first kappa shape index (κ1) is 26.7. The number of carbonyl (C=O) groups excluding carboxylic acids is 4. The molecule has 0 spiro atoms. The van der Waals surface area contributed by atoms with Crippen LogP contribution in [-0.4, -0.2) is 67.3 Å². The summed E-state index contributed by atoms with van der Waals surface area (Å²) in [5, 5.41) is 9.39. The van der Waals surface area contributed by atoms with Crippen molar-refractivity contribution in [3.05, 3.63) is 34.9 Å². The minimum Gasteiger partial charge on any atom is -0.474 e. The minimum absolute atomic E-state index is 0.215. The predicted octanol–water partition coefficient (Wildman–Crippen LogP) is 2.73. The lowest BCUT2D eigenvalue weighted by atomic mass is 9.59. The number of carboxylic acids is 1. The molecule has 1 aromatic carbocycles. The SMILES string of the molecule is COC(=O)c1ccc2c(c1)C(=O)[C@@H]([C@@H]1[C@@H]([C@@](C)(O[Si](C)C)C(C)(C)C)C(=O)N1C(=O)C(=O)O)CC2. The van der Waals surface area contributed by atoms with Crippen LogP contribution in [0.1, 0.15) is 60.4 Å². The second-order valence-corrected chi connectivity index (χ2v) is 12.5. The van der Waals surface area contributed by atoms with Gasteiger partial charge in [0.25, 0.3) is 0 Å². The number of aryl methyl sites for hydroxylation is 1. The van der Waals surface area contributed by atoms with E-state index < -0.39 is 61.7 Å². The van der Waals surface area contributed by atoms with Crippen molar-refractivity contribution in [2.24, 2.45) is 17.3 Å². The summed E-state index contributed by atoms with van der Waals surface area (Å²) in [7, 11) is -0.0648. The number of methoxy groups -OCH3 is 1. The zero-order valence-corrected chi connectivity index (χ0v) is 22.1. The Hall–Kier alpha value is -2.85. The number of nitrogens with zero attached hydrogens (tertiary/aromatic N) is 1. The number of carboxylic acid groups (broad SMARTS) is 1. The molecule has 3 rings (SSSR count). The fourth-order valence-electron chi connectivity index (χ4n) is 5.17. The summed E-state index contributed by atoms with van der Waals surface area (Å²) >= 11 is 0. The number of likely N-dealkylation sites (tertiary alicyclic amines) is 1. The molecule has 1 radical (unpaired) electrons. The number of benzene rings is 1. The molecule has 9 nitrogen and oxygen atoms in total. The summed E-state index contributed by atoms with van der Waals surface area (Å²) < 4.78 is 11.1. The fraction of sp³-hybridized carbons (Fsp3) is 0.560. The van der Waals surface area contributed by atoms with Gasteiger partial charge in [-0.05, 0) is 56.0 Å². The standard InChI is InChI=1S/C25H32NO8Si/c1-24(2,3)25(4,34-35(6)7)17-18(26(20(17)28)21(29)22(30)31)15-11-10-13-8-9-14(23(32)33-5)12-16(13)19(15)27/h8-9,12,15,17-18H,10-11H2,1-7H3,(H,30,31)/t15-,17-,18-,25-/m1/s1. The highest BCUT2D eigenvalue weighted by atomic mass is 28.3. The average Bonchev–Trinajstić information content (AvgIpc) is 2.76. The topological polar surface area (TPSA) is 127 Å². The Labute approximate surface area is 206 Å². The van der Waals surface area contributed by atoms with Gasteiger partial charge in [-0.2, -0.15) is 0 Å². The Kier molecular flexibility index (Phi) is 7.11. The third kappa shape index (κ3) is 4.45. The normalized spacial score (nSPS) is 23.9. The van der Waals surface area contributed by atoms with Crippen LogP contribution in [-0.2, 0) is 30.0 Å². The van der Waals surface area contributed by atoms with E-state index in [-0.39, 0.29) is 11.3 Å². The minimum atomic E-state index is -1.76. The number of fused-ring (bicyclic) bond motifs is 1. The van der Waals surface area contributed by atoms with E-state index in [4.69, 9.17) is 9.16 Å². The number of amides is 2. The van der Waals surface area contributed by atoms with Crippen molar-refractivity contribution >= 4 is 38.6 Å². The molecule has 35 heavy (non-hydrogen) atoms. The van der Waals surface area contributed by atoms with Gasteiger partial charge in [-0.1, -0.05) is 26.8 Å². The first-order valence-electron chi connectivity index (χ1n) is 11.5. The largest absolute Gasteiger partial charge is 0.474 e. The monoisotopic (exact) mass is 502 g/mol. The molecule has 4 atom stereocenters. The smallest absolute Gasteiger partial charge is 0.395 e. The van der Waals surface area contributed by atoms with Gasteiger partial charge in [-0.25, -0.2) is 9.59 Å². The van der Waals surface area contributed by atoms with Gasteiger partial charge in [0, 0.05) is 11.5 Å². The van der Waals surface area contributed by atoms with E-state index in [0.717, 1.165) is 10.5 Å². The molecule has 1 saturated heterocycles. The molecule has 1 aliphatic carbocycles. The van der Waals surface area contributed by atoms with Gasteiger partial charge in [0.2, 0.25) is 14.9 Å². The molecule has 0 bridgehead atoms. The molecule has 2 aliphatic rings. The number of aliphatic carboxylic acids is 1. The summed E-state index contributed by atoms with van der Waals surface area (Å²) in [5.74, 6) is -6.39. The molecule has 1 aliphatic heterocycles. The summed E-state index contributed by atoms with van der Waals surface area (Å²) in [4.78, 5) is 64.0. The van der Waals surface area contributed by atoms with Crippen molar-refractivity contribution in [2.45, 2.75) is 65.3 Å². The number of β-lactam (4-membered cyclic amide) rings is 1. The van der Waals surface area contributed by atoms with E-state index in [1.165, 1.54) is 13.2 Å². The number of Topliss-reactive ketones (excluding diaryl/α,β-unsaturated/α-hetero) is 1. The Morgan fingerprint density at radius 3 is 2.26 bits per heavy atom. The molecule has 189 valence electrons. The van der Waals surface area contributed by atoms with Crippen molar-refractivity contribution in [3.63, 3.8) is 0 Å². The number of imide groups is 1. The molecule has 0 saturated carbocycles. The predicted molar refractivity (Wildman–Crippen MR) is 127 cm³/mol. The van der Waals surface area contributed by atoms with E-state index in [0.29, 0.717) is 18.4 Å². The maximum absolute atomic E-state index is 13.7. The van der Waals surface area contributed by atoms with Crippen molar-refractivity contribution in [2.75, 3.05) is 7.11 Å². The van der Waals surface area contributed by atoms with Crippen LogP contribution in [0.3, 0.4) is 0 Å². The molecule has 1 N–H and O–H groups in total. The lowest BCUT2D eigenvalue weighted by Crippen LogP contribution is -2.76. The Balaban J connectivity index is 2.11. The lowest BCUT2D eigenvalue weighted by molar-refractivity contribution is -0.196. The van der Waals surface area contributed by atoms with Crippen LogP contribution in [0, 0.1) is 17.3 Å². The summed E-state index contributed by atoms with van der Waals surface area (Å²) in [6.45, 7) is 11.4. The van der Waals surface area contributed by atoms with Gasteiger partial charge in [-0.3, -0.25) is 19.3 Å². The molecule has 0 unspecified atom stereocenters. The average molecular weight is 503 g/mol. The van der Waals surface area contributed by atoms with Crippen LogP contribution in [0.5, 0.6) is 0 Å². The third-order valence-electron chi connectivity index (χ3n) is 7.31. The fourth-order valence-corrected chi connectivity index (χ4v) is 6.45. The highest BCUT2D eigenvalue weighted by molar-refractivity contribution is 6.48. The molecule has 1 fully saturated rings. The second-order valence-electron chi connectivity index (χ2n) is 10.5. The van der Waals surface area contributed by atoms with Crippen LogP contribution >= 0.6 is 0 Å². The Morgan fingerprint density at radius 1 is 1.11 bits per heavy atom. The Bertz CT molecular complexity index is 1090. The summed E-state index contributed by atoms with van der Waals surface area (Å²) in [5.41, 5.74) is -0.318. The van der Waals surface area contributed by atoms with E-state index in [1.807, 2.05) is 33.9 Å². The van der Waals surface area contributed by atoms with Crippen LogP contribution in [0.2, 0.25) is 13.1 Å². The number of esters is 1. The van der Waals surface area contributed by atoms with E-state index in [1.54, 1.807) is 19.1 Å². The number of rotatable bonds is 5. The zero-order chi connectivity index (χ0) is 26.5. The molecular formula is C25H32NO8Si. The second kappa shape index (κ2) is 9.31. The van der Waals surface area contributed by atoms with E-state index in [9.17, 15) is 29.1 Å². The van der Waals surface area contributed by atoms with Crippen molar-refractivity contribution in [3.8, 4) is 0 Å². The van der Waals surface area contributed by atoms with Crippen LogP contribution in [0.25, 0.3) is 0 Å². The quantitative estimate of drug-likeness (QED) is 0.282. The van der Waals surface area contributed by atoms with Gasteiger partial charge in [0.1, 0.15) is 0 Å².